The number of halogens is 1. The highest BCUT2D eigenvalue weighted by molar-refractivity contribution is 7.20. The third-order valence-electron chi connectivity index (χ3n) is 4.16. The van der Waals surface area contributed by atoms with Gasteiger partial charge in [0.2, 0.25) is 0 Å². The number of ether oxygens (including phenoxy) is 1. The SMILES string of the molecule is Cc1nn(-c2ccccc2Cl)c2sc(C(=O)OCC(=O)NC(=O)c3ccco3)cc12. The van der Waals surface area contributed by atoms with E-state index in [9.17, 15) is 14.4 Å². The number of furan rings is 1. The first kappa shape index (κ1) is 19.9. The van der Waals surface area contributed by atoms with E-state index in [1.54, 1.807) is 16.8 Å². The minimum atomic E-state index is -0.760. The number of benzene rings is 1. The highest BCUT2D eigenvalue weighted by Gasteiger charge is 2.20. The maximum atomic E-state index is 12.4. The maximum Gasteiger partial charge on any atom is 0.348 e. The van der Waals surface area contributed by atoms with Gasteiger partial charge in [-0.2, -0.15) is 5.10 Å². The summed E-state index contributed by atoms with van der Waals surface area (Å²) in [5.74, 6) is -2.16. The van der Waals surface area contributed by atoms with Crippen LogP contribution in [-0.2, 0) is 9.53 Å². The van der Waals surface area contributed by atoms with Crippen molar-refractivity contribution in [2.45, 2.75) is 6.92 Å². The molecule has 2 amide bonds. The fourth-order valence-electron chi connectivity index (χ4n) is 2.77. The number of aryl methyl sites for hydroxylation is 1. The van der Waals surface area contributed by atoms with Crippen LogP contribution in [0.3, 0.4) is 0 Å². The van der Waals surface area contributed by atoms with Crippen LogP contribution in [0.5, 0.6) is 0 Å². The van der Waals surface area contributed by atoms with Gasteiger partial charge in [-0.25, -0.2) is 9.48 Å². The highest BCUT2D eigenvalue weighted by atomic mass is 35.5. The molecule has 0 fully saturated rings. The number of carbonyl (C=O) groups excluding carboxylic acids is 3. The first-order chi connectivity index (χ1) is 14.4. The summed E-state index contributed by atoms with van der Waals surface area (Å²) in [4.78, 5) is 37.1. The van der Waals surface area contributed by atoms with Crippen LogP contribution < -0.4 is 5.32 Å². The molecule has 4 aromatic rings. The van der Waals surface area contributed by atoms with Gasteiger partial charge in [0.15, 0.2) is 12.4 Å². The van der Waals surface area contributed by atoms with Crippen molar-refractivity contribution in [1.82, 2.24) is 15.1 Å². The highest BCUT2D eigenvalue weighted by Crippen LogP contribution is 2.32. The van der Waals surface area contributed by atoms with Gasteiger partial charge < -0.3 is 9.15 Å². The number of imide groups is 1. The number of carbonyl (C=O) groups is 3. The summed E-state index contributed by atoms with van der Waals surface area (Å²) >= 11 is 7.45. The number of aromatic nitrogens is 2. The summed E-state index contributed by atoms with van der Waals surface area (Å²) in [6.45, 7) is 1.22. The van der Waals surface area contributed by atoms with Gasteiger partial charge in [-0.15, -0.1) is 11.3 Å². The van der Waals surface area contributed by atoms with E-state index >= 15 is 0 Å². The van der Waals surface area contributed by atoms with Crippen LogP contribution in [0.4, 0.5) is 0 Å². The molecule has 0 saturated heterocycles. The molecule has 3 aromatic heterocycles. The molecule has 8 nitrogen and oxygen atoms in total. The predicted octanol–water partition coefficient (Wildman–Crippen LogP) is 3.76. The van der Waals surface area contributed by atoms with Crippen LogP contribution in [0, 0.1) is 6.92 Å². The van der Waals surface area contributed by atoms with Crippen molar-refractivity contribution in [1.29, 1.82) is 0 Å². The second kappa shape index (κ2) is 8.13. The number of nitrogens with zero attached hydrogens (tertiary/aromatic N) is 2. The molecule has 3 heterocycles. The number of hydrogen-bond acceptors (Lipinski definition) is 7. The molecule has 0 radical (unpaired) electrons. The van der Waals surface area contributed by atoms with Crippen LogP contribution in [0.2, 0.25) is 5.02 Å². The number of hydrogen-bond donors (Lipinski definition) is 1. The van der Waals surface area contributed by atoms with E-state index in [1.807, 2.05) is 25.1 Å². The Labute approximate surface area is 179 Å². The van der Waals surface area contributed by atoms with Crippen molar-refractivity contribution in [3.8, 4) is 5.69 Å². The summed E-state index contributed by atoms with van der Waals surface area (Å²) in [7, 11) is 0. The van der Waals surface area contributed by atoms with Crippen LogP contribution in [0.15, 0.2) is 53.1 Å². The molecule has 0 aliphatic carbocycles. The number of esters is 1. The lowest BCUT2D eigenvalue weighted by Gasteiger charge is -2.05. The van der Waals surface area contributed by atoms with E-state index in [0.717, 1.165) is 15.9 Å². The smallest absolute Gasteiger partial charge is 0.348 e. The molecule has 1 N–H and O–H groups in total. The molecule has 0 aliphatic heterocycles. The molecule has 0 bridgehead atoms. The largest absolute Gasteiger partial charge is 0.459 e. The minimum absolute atomic E-state index is 0.0150. The topological polar surface area (TPSA) is 103 Å². The lowest BCUT2D eigenvalue weighted by Crippen LogP contribution is -2.33. The number of thiophene rings is 1. The van der Waals surface area contributed by atoms with Gasteiger partial charge in [0.25, 0.3) is 11.8 Å². The van der Waals surface area contributed by atoms with Gasteiger partial charge in [0.1, 0.15) is 9.71 Å². The molecule has 0 saturated carbocycles. The standard InChI is InChI=1S/C20H14ClN3O5S/c1-11-12-9-16(30-19(12)24(23-11)14-6-3-2-5-13(14)21)20(27)29-10-17(25)22-18(26)15-7-4-8-28-15/h2-9H,10H2,1H3,(H,22,25,26). The van der Waals surface area contributed by atoms with E-state index in [4.69, 9.17) is 20.8 Å². The Hall–Kier alpha value is -3.43. The van der Waals surface area contributed by atoms with Crippen LogP contribution in [0.1, 0.15) is 25.9 Å². The van der Waals surface area contributed by atoms with Gasteiger partial charge >= 0.3 is 5.97 Å². The number of rotatable bonds is 5. The maximum absolute atomic E-state index is 12.4. The van der Waals surface area contributed by atoms with Gasteiger partial charge in [-0.1, -0.05) is 23.7 Å². The molecule has 0 atom stereocenters. The number of fused-ring (bicyclic) bond motifs is 1. The molecule has 0 unspecified atom stereocenters. The quantitative estimate of drug-likeness (QED) is 0.471. The van der Waals surface area contributed by atoms with Gasteiger partial charge in [-0.05, 0) is 37.3 Å². The van der Waals surface area contributed by atoms with Crippen LogP contribution in [0.25, 0.3) is 15.9 Å². The van der Waals surface area contributed by atoms with Crippen LogP contribution in [-0.4, -0.2) is 34.2 Å². The van der Waals surface area contributed by atoms with E-state index in [-0.39, 0.29) is 5.76 Å². The third-order valence-corrected chi connectivity index (χ3v) is 5.57. The third kappa shape index (κ3) is 3.85. The van der Waals surface area contributed by atoms with Gasteiger partial charge in [0, 0.05) is 5.39 Å². The average Bonchev–Trinajstić information content (AvgIpc) is 3.45. The van der Waals surface area contributed by atoms with Crippen molar-refractivity contribution in [2.24, 2.45) is 0 Å². The molecular formula is C20H14ClN3O5S. The summed E-state index contributed by atoms with van der Waals surface area (Å²) in [6.07, 6.45) is 1.31. The molecule has 10 heteroatoms. The first-order valence-electron chi connectivity index (χ1n) is 8.73. The average molecular weight is 444 g/mol. The number of nitrogens with one attached hydrogen (secondary N) is 1. The zero-order valence-electron chi connectivity index (χ0n) is 15.5. The second-order valence-corrected chi connectivity index (χ2v) is 7.65. The molecule has 0 aliphatic rings. The fraction of sp³-hybridized carbons (Fsp3) is 0.100. The first-order valence-corrected chi connectivity index (χ1v) is 9.92. The Bertz CT molecular complexity index is 1260. The Kier molecular flexibility index (Phi) is 5.39. The minimum Gasteiger partial charge on any atom is -0.459 e. The van der Waals surface area contributed by atoms with E-state index in [2.05, 4.69) is 10.4 Å². The molecule has 152 valence electrons. The Morgan fingerprint density at radius 3 is 2.77 bits per heavy atom. The Balaban J connectivity index is 1.48. The summed E-state index contributed by atoms with van der Waals surface area (Å²) < 4.78 is 11.6. The zero-order chi connectivity index (χ0) is 21.3. The van der Waals surface area contributed by atoms with Crippen molar-refractivity contribution in [3.63, 3.8) is 0 Å². The normalized spacial score (nSPS) is 10.9. The van der Waals surface area contributed by atoms with E-state index in [1.165, 1.54) is 29.7 Å². The molecule has 30 heavy (non-hydrogen) atoms. The van der Waals surface area contributed by atoms with E-state index in [0.29, 0.717) is 15.6 Å². The number of amides is 2. The molecule has 4 rings (SSSR count). The van der Waals surface area contributed by atoms with Gasteiger partial charge in [0.05, 0.1) is 22.7 Å². The van der Waals surface area contributed by atoms with Crippen molar-refractivity contribution >= 4 is 50.9 Å². The monoisotopic (exact) mass is 443 g/mol. The molecule has 1 aromatic carbocycles. The van der Waals surface area contributed by atoms with Crippen molar-refractivity contribution < 1.29 is 23.5 Å². The number of para-hydroxylation sites is 1. The fourth-order valence-corrected chi connectivity index (χ4v) is 4.05. The lowest BCUT2D eigenvalue weighted by atomic mass is 10.3. The Morgan fingerprint density at radius 2 is 2.03 bits per heavy atom. The summed E-state index contributed by atoms with van der Waals surface area (Å²) in [6, 6.07) is 11.8. The van der Waals surface area contributed by atoms with E-state index < -0.39 is 24.4 Å². The lowest BCUT2D eigenvalue weighted by molar-refractivity contribution is -0.123. The van der Waals surface area contributed by atoms with Crippen molar-refractivity contribution in [3.05, 3.63) is 70.1 Å². The zero-order valence-corrected chi connectivity index (χ0v) is 17.1. The molecular weight excluding hydrogens is 430 g/mol. The molecule has 0 spiro atoms. The van der Waals surface area contributed by atoms with Crippen molar-refractivity contribution in [2.75, 3.05) is 6.61 Å². The Morgan fingerprint density at radius 1 is 1.23 bits per heavy atom. The van der Waals surface area contributed by atoms with Crippen LogP contribution >= 0.6 is 22.9 Å². The van der Waals surface area contributed by atoms with Gasteiger partial charge in [-0.3, -0.25) is 14.9 Å². The second-order valence-electron chi connectivity index (χ2n) is 6.21. The summed E-state index contributed by atoms with van der Waals surface area (Å²) in [5.41, 5.74) is 1.41. The predicted molar refractivity (Wildman–Crippen MR) is 110 cm³/mol. The summed E-state index contributed by atoms with van der Waals surface area (Å²) in [5, 5.41) is 7.88.